The first-order valence-electron chi connectivity index (χ1n) is 6.88. The molecule has 0 unspecified atom stereocenters. The molecule has 23 heavy (non-hydrogen) atoms. The zero-order chi connectivity index (χ0) is 17.0. The fraction of sp³-hybridized carbons (Fsp3) is 0.188. The van der Waals surface area contributed by atoms with E-state index in [1.807, 2.05) is 25.1 Å². The molecule has 2 rings (SSSR count). The second-order valence-corrected chi connectivity index (χ2v) is 5.45. The predicted molar refractivity (Wildman–Crippen MR) is 95.4 cm³/mol. The van der Waals surface area contributed by atoms with Gasteiger partial charge in [0.25, 0.3) is 5.69 Å². The van der Waals surface area contributed by atoms with Crippen LogP contribution in [0.2, 0.25) is 0 Å². The number of rotatable bonds is 4. The van der Waals surface area contributed by atoms with Crippen LogP contribution in [0, 0.1) is 24.0 Å². The first kappa shape index (κ1) is 16.7. The van der Waals surface area contributed by atoms with Crippen LogP contribution >= 0.6 is 12.2 Å². The number of nitrogens with zero attached hydrogens (tertiary/aromatic N) is 1. The molecule has 0 aromatic heterocycles. The molecule has 0 aliphatic heterocycles. The van der Waals surface area contributed by atoms with E-state index in [0.29, 0.717) is 22.1 Å². The highest BCUT2D eigenvalue weighted by Crippen LogP contribution is 2.26. The standard InChI is InChI=1S/C16H17N3O3S/c1-10-4-7-15(22-3)13(8-10)18-16(23)17-12-6-5-11(2)14(9-12)19(20)21/h4-9H,1-3H3,(H2,17,18,23). The summed E-state index contributed by atoms with van der Waals surface area (Å²) in [7, 11) is 1.58. The highest BCUT2D eigenvalue weighted by Gasteiger charge is 2.12. The minimum absolute atomic E-state index is 0.0472. The summed E-state index contributed by atoms with van der Waals surface area (Å²) in [5.74, 6) is 0.662. The zero-order valence-corrected chi connectivity index (χ0v) is 13.9. The molecule has 0 amide bonds. The number of benzene rings is 2. The monoisotopic (exact) mass is 331 g/mol. The van der Waals surface area contributed by atoms with E-state index in [0.717, 1.165) is 11.3 Å². The summed E-state index contributed by atoms with van der Waals surface area (Å²) < 4.78 is 5.28. The van der Waals surface area contributed by atoms with Crippen molar-refractivity contribution in [1.29, 1.82) is 0 Å². The molecule has 0 radical (unpaired) electrons. The summed E-state index contributed by atoms with van der Waals surface area (Å²) in [4.78, 5) is 10.6. The normalized spacial score (nSPS) is 10.0. The van der Waals surface area contributed by atoms with Crippen LogP contribution in [0.15, 0.2) is 36.4 Å². The van der Waals surface area contributed by atoms with Gasteiger partial charge in [-0.15, -0.1) is 0 Å². The largest absolute Gasteiger partial charge is 0.495 e. The Bertz CT molecular complexity index is 762. The van der Waals surface area contributed by atoms with Gasteiger partial charge in [0.05, 0.1) is 17.7 Å². The van der Waals surface area contributed by atoms with Crippen molar-refractivity contribution in [3.63, 3.8) is 0 Å². The Morgan fingerprint density at radius 3 is 2.57 bits per heavy atom. The molecule has 0 aliphatic carbocycles. The molecule has 7 heteroatoms. The molecule has 0 atom stereocenters. The molecular formula is C16H17N3O3S. The molecular weight excluding hydrogens is 314 g/mol. The van der Waals surface area contributed by atoms with E-state index in [1.165, 1.54) is 6.07 Å². The van der Waals surface area contributed by atoms with Gasteiger partial charge < -0.3 is 15.4 Å². The van der Waals surface area contributed by atoms with E-state index in [1.54, 1.807) is 26.2 Å². The Balaban J connectivity index is 2.16. The van der Waals surface area contributed by atoms with E-state index in [4.69, 9.17) is 17.0 Å². The fourth-order valence-electron chi connectivity index (χ4n) is 2.09. The van der Waals surface area contributed by atoms with Crippen molar-refractivity contribution in [3.8, 4) is 5.75 Å². The van der Waals surface area contributed by atoms with E-state index in [2.05, 4.69) is 10.6 Å². The van der Waals surface area contributed by atoms with Crippen molar-refractivity contribution in [1.82, 2.24) is 0 Å². The van der Waals surface area contributed by atoms with E-state index >= 15 is 0 Å². The molecule has 0 saturated heterocycles. The molecule has 0 bridgehead atoms. The predicted octanol–water partition coefficient (Wildman–Crippen LogP) is 4.03. The fourth-order valence-corrected chi connectivity index (χ4v) is 2.32. The molecule has 120 valence electrons. The third-order valence-corrected chi connectivity index (χ3v) is 3.47. The summed E-state index contributed by atoms with van der Waals surface area (Å²) >= 11 is 5.26. The van der Waals surface area contributed by atoms with Crippen LogP contribution in [0.1, 0.15) is 11.1 Å². The van der Waals surface area contributed by atoms with Gasteiger partial charge in [-0.05, 0) is 49.8 Å². The zero-order valence-electron chi connectivity index (χ0n) is 13.0. The second-order valence-electron chi connectivity index (χ2n) is 5.04. The van der Waals surface area contributed by atoms with Crippen LogP contribution in [-0.4, -0.2) is 17.1 Å². The lowest BCUT2D eigenvalue weighted by Crippen LogP contribution is -2.19. The number of hydrogen-bond acceptors (Lipinski definition) is 4. The van der Waals surface area contributed by atoms with Crippen molar-refractivity contribution >= 4 is 34.4 Å². The van der Waals surface area contributed by atoms with Crippen molar-refractivity contribution < 1.29 is 9.66 Å². The average molecular weight is 331 g/mol. The maximum Gasteiger partial charge on any atom is 0.274 e. The average Bonchev–Trinajstić information content (AvgIpc) is 2.49. The highest BCUT2D eigenvalue weighted by molar-refractivity contribution is 7.80. The van der Waals surface area contributed by atoms with Crippen molar-refractivity contribution in [2.24, 2.45) is 0 Å². The van der Waals surface area contributed by atoms with Gasteiger partial charge in [-0.25, -0.2) is 0 Å². The van der Waals surface area contributed by atoms with Crippen LogP contribution in [0.25, 0.3) is 0 Å². The number of anilines is 2. The van der Waals surface area contributed by atoms with Crippen LogP contribution in [0.4, 0.5) is 17.1 Å². The topological polar surface area (TPSA) is 76.4 Å². The van der Waals surface area contributed by atoms with E-state index in [-0.39, 0.29) is 5.69 Å². The second kappa shape index (κ2) is 7.06. The highest BCUT2D eigenvalue weighted by atomic mass is 32.1. The maximum atomic E-state index is 11.0. The number of ether oxygens (including phenoxy) is 1. The number of nitro benzene ring substituents is 1. The molecule has 0 aliphatic rings. The van der Waals surface area contributed by atoms with Gasteiger partial charge in [0.2, 0.25) is 0 Å². The minimum atomic E-state index is -0.416. The summed E-state index contributed by atoms with van der Waals surface area (Å²) in [5.41, 5.74) is 2.98. The summed E-state index contributed by atoms with van der Waals surface area (Å²) in [5, 5.41) is 17.3. The SMILES string of the molecule is COc1ccc(C)cc1NC(=S)Nc1ccc(C)c([N+](=O)[O-])c1. The Hall–Kier alpha value is -2.67. The number of nitro groups is 1. The smallest absolute Gasteiger partial charge is 0.274 e. The van der Waals surface area contributed by atoms with Crippen LogP contribution in [0.5, 0.6) is 5.75 Å². The molecule has 2 aromatic carbocycles. The first-order chi connectivity index (χ1) is 10.9. The van der Waals surface area contributed by atoms with Crippen molar-refractivity contribution in [2.75, 3.05) is 17.7 Å². The Morgan fingerprint density at radius 1 is 1.17 bits per heavy atom. The lowest BCUT2D eigenvalue weighted by Gasteiger charge is -2.14. The molecule has 0 saturated carbocycles. The third kappa shape index (κ3) is 4.17. The minimum Gasteiger partial charge on any atom is -0.495 e. The van der Waals surface area contributed by atoms with Gasteiger partial charge in [0, 0.05) is 17.3 Å². The van der Waals surface area contributed by atoms with Gasteiger partial charge in [-0.3, -0.25) is 10.1 Å². The molecule has 0 fully saturated rings. The van der Waals surface area contributed by atoms with Crippen LogP contribution < -0.4 is 15.4 Å². The van der Waals surface area contributed by atoms with E-state index < -0.39 is 4.92 Å². The molecule has 2 aromatic rings. The number of aryl methyl sites for hydroxylation is 2. The third-order valence-electron chi connectivity index (χ3n) is 3.27. The van der Waals surface area contributed by atoms with E-state index in [9.17, 15) is 10.1 Å². The van der Waals surface area contributed by atoms with Gasteiger partial charge >= 0.3 is 0 Å². The number of hydrogen-bond donors (Lipinski definition) is 2. The lowest BCUT2D eigenvalue weighted by atomic mass is 10.2. The molecule has 0 spiro atoms. The molecule has 6 nitrogen and oxygen atoms in total. The maximum absolute atomic E-state index is 11.0. The van der Waals surface area contributed by atoms with Gasteiger partial charge in [0.15, 0.2) is 5.11 Å². The number of nitrogens with one attached hydrogen (secondary N) is 2. The van der Waals surface area contributed by atoms with Gasteiger partial charge in [0.1, 0.15) is 5.75 Å². The molecule has 0 heterocycles. The van der Waals surface area contributed by atoms with Crippen LogP contribution in [-0.2, 0) is 0 Å². The Morgan fingerprint density at radius 2 is 1.91 bits per heavy atom. The van der Waals surface area contributed by atoms with Crippen molar-refractivity contribution in [2.45, 2.75) is 13.8 Å². The van der Waals surface area contributed by atoms with Gasteiger partial charge in [-0.2, -0.15) is 0 Å². The summed E-state index contributed by atoms with van der Waals surface area (Å²) in [6.45, 7) is 3.65. The Kier molecular flexibility index (Phi) is 5.13. The quantitative estimate of drug-likeness (QED) is 0.500. The first-order valence-corrected chi connectivity index (χ1v) is 7.29. The number of methoxy groups -OCH3 is 1. The van der Waals surface area contributed by atoms with Gasteiger partial charge in [-0.1, -0.05) is 12.1 Å². The van der Waals surface area contributed by atoms with Crippen molar-refractivity contribution in [3.05, 3.63) is 57.6 Å². The van der Waals surface area contributed by atoms with Crippen LogP contribution in [0.3, 0.4) is 0 Å². The summed E-state index contributed by atoms with van der Waals surface area (Å²) in [6.07, 6.45) is 0. The lowest BCUT2D eigenvalue weighted by molar-refractivity contribution is -0.385. The summed E-state index contributed by atoms with van der Waals surface area (Å²) in [6, 6.07) is 10.6. The Labute approximate surface area is 139 Å². The number of thiocarbonyl (C=S) groups is 1. The molecule has 2 N–H and O–H groups in total.